The normalized spacial score (nSPS) is 18.2. The Morgan fingerprint density at radius 3 is 2.45 bits per heavy atom. The van der Waals surface area contributed by atoms with Crippen molar-refractivity contribution in [3.63, 3.8) is 0 Å². The van der Waals surface area contributed by atoms with Crippen LogP contribution < -0.4 is 0 Å². The van der Waals surface area contributed by atoms with Crippen molar-refractivity contribution in [1.29, 1.82) is 0 Å². The molecule has 2 aromatic carbocycles. The predicted octanol–water partition coefficient (Wildman–Crippen LogP) is 4.95. The summed E-state index contributed by atoms with van der Waals surface area (Å²) in [5.41, 5.74) is 2.21. The minimum Gasteiger partial charge on any atom is -0.330 e. The molecule has 4 rings (SSSR count). The molecule has 1 unspecified atom stereocenters. The lowest BCUT2D eigenvalue weighted by molar-refractivity contribution is 0.0686. The van der Waals surface area contributed by atoms with Crippen LogP contribution >= 0.6 is 22.9 Å². The highest BCUT2D eigenvalue weighted by atomic mass is 35.5. The highest BCUT2D eigenvalue weighted by Gasteiger charge is 2.36. The van der Waals surface area contributed by atoms with Crippen molar-refractivity contribution in [2.45, 2.75) is 32.4 Å². The van der Waals surface area contributed by atoms with E-state index < -0.39 is 9.84 Å². The quantitative estimate of drug-likeness (QED) is 0.556. The third-order valence-electron chi connectivity index (χ3n) is 5.42. The number of fused-ring (bicyclic) bond motifs is 1. The molecule has 29 heavy (non-hydrogen) atoms. The number of benzene rings is 2. The van der Waals surface area contributed by atoms with Crippen LogP contribution in [0.15, 0.2) is 48.5 Å². The Morgan fingerprint density at radius 2 is 1.83 bits per heavy atom. The Kier molecular flexibility index (Phi) is 5.69. The summed E-state index contributed by atoms with van der Waals surface area (Å²) in [5.74, 6) is -0.0668. The maximum atomic E-state index is 13.5. The second-order valence-electron chi connectivity index (χ2n) is 7.40. The van der Waals surface area contributed by atoms with Gasteiger partial charge in [-0.25, -0.2) is 8.42 Å². The van der Waals surface area contributed by atoms with Gasteiger partial charge in [0.2, 0.25) is 0 Å². The lowest BCUT2D eigenvalue weighted by Gasteiger charge is -2.28. The van der Waals surface area contributed by atoms with Crippen molar-refractivity contribution in [3.8, 4) is 0 Å². The largest absolute Gasteiger partial charge is 0.330 e. The monoisotopic (exact) mass is 447 g/mol. The topological polar surface area (TPSA) is 54.5 Å². The van der Waals surface area contributed by atoms with E-state index in [1.54, 1.807) is 4.90 Å². The first kappa shape index (κ1) is 20.4. The number of carbonyl (C=O) groups excluding carboxylic acids is 1. The molecule has 0 saturated carbocycles. The van der Waals surface area contributed by atoms with Gasteiger partial charge in [-0.3, -0.25) is 4.79 Å². The Bertz CT molecular complexity index is 1150. The van der Waals surface area contributed by atoms with Gasteiger partial charge in [0.05, 0.1) is 16.5 Å². The van der Waals surface area contributed by atoms with E-state index >= 15 is 0 Å². The van der Waals surface area contributed by atoms with E-state index in [9.17, 15) is 13.2 Å². The predicted molar refractivity (Wildman–Crippen MR) is 120 cm³/mol. The molecule has 1 amide bonds. The summed E-state index contributed by atoms with van der Waals surface area (Å²) in [5, 5.41) is 1.30. The summed E-state index contributed by atoms with van der Waals surface area (Å²) in [6.45, 7) is 2.46. The Hall–Kier alpha value is -1.89. The number of hydrogen-bond acceptors (Lipinski definition) is 4. The zero-order valence-corrected chi connectivity index (χ0v) is 18.5. The number of amides is 1. The summed E-state index contributed by atoms with van der Waals surface area (Å²) < 4.78 is 25.1. The maximum Gasteiger partial charge on any atom is 0.266 e. The average molecular weight is 448 g/mol. The highest BCUT2D eigenvalue weighted by Crippen LogP contribution is 2.37. The fraction of sp³-hybridized carbons (Fsp3) is 0.318. The first-order valence-corrected chi connectivity index (χ1v) is 12.7. The number of sulfone groups is 1. The van der Waals surface area contributed by atoms with Crippen molar-refractivity contribution in [2.24, 2.45) is 0 Å². The van der Waals surface area contributed by atoms with Crippen molar-refractivity contribution >= 4 is 48.8 Å². The summed E-state index contributed by atoms with van der Waals surface area (Å²) >= 11 is 7.91. The first-order valence-electron chi connectivity index (χ1n) is 9.64. The molecule has 1 aliphatic heterocycles. The SMILES string of the molecule is CCc1ccc(CN(C(=O)c2sc3ccccc3c2Cl)C2CCS(=O)(=O)C2)cc1. The van der Waals surface area contributed by atoms with Gasteiger partial charge in [-0.05, 0) is 30.0 Å². The maximum absolute atomic E-state index is 13.5. The molecule has 7 heteroatoms. The van der Waals surface area contributed by atoms with Gasteiger partial charge in [0.1, 0.15) is 4.88 Å². The van der Waals surface area contributed by atoms with E-state index in [1.807, 2.05) is 36.4 Å². The van der Waals surface area contributed by atoms with Crippen LogP contribution in [-0.2, 0) is 22.8 Å². The van der Waals surface area contributed by atoms with Crippen molar-refractivity contribution in [3.05, 3.63) is 69.6 Å². The van der Waals surface area contributed by atoms with Gasteiger partial charge in [-0.2, -0.15) is 0 Å². The van der Waals surface area contributed by atoms with E-state index in [4.69, 9.17) is 11.6 Å². The number of nitrogens with zero attached hydrogens (tertiary/aromatic N) is 1. The standard InChI is InChI=1S/C22H22ClNO3S2/c1-2-15-7-9-16(10-8-15)13-24(17-11-12-29(26,27)14-17)22(25)21-20(23)18-5-3-4-6-19(18)28-21/h3-10,17H,2,11-14H2,1H3. The second kappa shape index (κ2) is 8.09. The molecule has 1 saturated heterocycles. The molecule has 1 atom stereocenters. The summed E-state index contributed by atoms with van der Waals surface area (Å²) in [6.07, 6.45) is 1.41. The van der Waals surface area contributed by atoms with Gasteiger partial charge >= 0.3 is 0 Å². The van der Waals surface area contributed by atoms with Gasteiger partial charge in [-0.15, -0.1) is 11.3 Å². The van der Waals surface area contributed by atoms with Crippen LogP contribution in [0.25, 0.3) is 10.1 Å². The molecule has 1 fully saturated rings. The third kappa shape index (κ3) is 4.20. The molecule has 0 radical (unpaired) electrons. The van der Waals surface area contributed by atoms with E-state index in [2.05, 4.69) is 19.1 Å². The molecule has 1 aromatic heterocycles. The van der Waals surface area contributed by atoms with Crippen LogP contribution in [0.2, 0.25) is 5.02 Å². The molecule has 1 aliphatic rings. The van der Waals surface area contributed by atoms with Gasteiger partial charge in [0, 0.05) is 22.7 Å². The minimum atomic E-state index is -3.12. The molecule has 0 aliphatic carbocycles. The van der Waals surface area contributed by atoms with Gasteiger partial charge < -0.3 is 4.90 Å². The number of aryl methyl sites for hydroxylation is 1. The highest BCUT2D eigenvalue weighted by molar-refractivity contribution is 7.91. The van der Waals surface area contributed by atoms with Crippen LogP contribution in [0.4, 0.5) is 0 Å². The van der Waals surface area contributed by atoms with Crippen molar-refractivity contribution in [2.75, 3.05) is 11.5 Å². The van der Waals surface area contributed by atoms with E-state index in [0.717, 1.165) is 22.1 Å². The van der Waals surface area contributed by atoms with Crippen LogP contribution in [0.1, 0.15) is 34.1 Å². The minimum absolute atomic E-state index is 0.00823. The Labute approximate surface area is 180 Å². The van der Waals surface area contributed by atoms with Crippen molar-refractivity contribution < 1.29 is 13.2 Å². The first-order chi connectivity index (χ1) is 13.9. The molecular weight excluding hydrogens is 426 g/mol. The molecular formula is C22H22ClNO3S2. The molecule has 3 aromatic rings. The van der Waals surface area contributed by atoms with E-state index in [-0.39, 0.29) is 23.5 Å². The fourth-order valence-corrected chi connectivity index (χ4v) is 6.95. The van der Waals surface area contributed by atoms with E-state index in [1.165, 1.54) is 16.9 Å². The van der Waals surface area contributed by atoms with Crippen LogP contribution in [0.5, 0.6) is 0 Å². The summed E-state index contributed by atoms with van der Waals surface area (Å²) in [7, 11) is -3.12. The molecule has 4 nitrogen and oxygen atoms in total. The smallest absolute Gasteiger partial charge is 0.266 e. The molecule has 0 N–H and O–H groups in total. The lowest BCUT2D eigenvalue weighted by atomic mass is 10.1. The van der Waals surface area contributed by atoms with Gasteiger partial charge in [0.15, 0.2) is 9.84 Å². The molecule has 0 bridgehead atoms. The number of rotatable bonds is 5. The van der Waals surface area contributed by atoms with Crippen LogP contribution in [0.3, 0.4) is 0 Å². The summed E-state index contributed by atoms with van der Waals surface area (Å²) in [4.78, 5) is 15.7. The fourth-order valence-electron chi connectivity index (χ4n) is 3.75. The molecule has 2 heterocycles. The zero-order chi connectivity index (χ0) is 20.6. The van der Waals surface area contributed by atoms with Gasteiger partial charge in [0.25, 0.3) is 5.91 Å². The molecule has 0 spiro atoms. The van der Waals surface area contributed by atoms with Crippen molar-refractivity contribution in [1.82, 2.24) is 4.90 Å². The number of halogens is 1. The lowest BCUT2D eigenvalue weighted by Crippen LogP contribution is -2.40. The summed E-state index contributed by atoms with van der Waals surface area (Å²) in [6, 6.07) is 15.4. The number of thiophene rings is 1. The van der Waals surface area contributed by atoms with Crippen LogP contribution in [0, 0.1) is 0 Å². The molecule has 152 valence electrons. The number of carbonyl (C=O) groups is 1. The zero-order valence-electron chi connectivity index (χ0n) is 16.1. The Morgan fingerprint density at radius 1 is 1.14 bits per heavy atom. The number of hydrogen-bond donors (Lipinski definition) is 0. The Balaban J connectivity index is 1.70. The van der Waals surface area contributed by atoms with Crippen LogP contribution in [-0.4, -0.2) is 36.8 Å². The van der Waals surface area contributed by atoms with E-state index in [0.29, 0.717) is 22.9 Å². The average Bonchev–Trinajstić information content (AvgIpc) is 3.25. The second-order valence-corrected chi connectivity index (χ2v) is 11.1. The van der Waals surface area contributed by atoms with Gasteiger partial charge in [-0.1, -0.05) is 61.0 Å². The third-order valence-corrected chi connectivity index (χ3v) is 8.84.